The Morgan fingerprint density at radius 1 is 1.30 bits per heavy atom. The number of phenols is 1. The number of ether oxygens (including phenoxy) is 1. The van der Waals surface area contributed by atoms with Gasteiger partial charge >= 0.3 is 0 Å². The van der Waals surface area contributed by atoms with Gasteiger partial charge in [-0.15, -0.1) is 0 Å². The lowest BCUT2D eigenvalue weighted by Crippen LogP contribution is -2.20. The van der Waals surface area contributed by atoms with E-state index in [9.17, 15) is 9.90 Å². The molecule has 2 aromatic carbocycles. The van der Waals surface area contributed by atoms with Crippen LogP contribution in [0.5, 0.6) is 11.5 Å². The summed E-state index contributed by atoms with van der Waals surface area (Å²) in [6.07, 6.45) is 0. The van der Waals surface area contributed by atoms with Crippen LogP contribution in [0.2, 0.25) is 5.02 Å². The molecule has 4 N–H and O–H groups in total. The van der Waals surface area contributed by atoms with E-state index in [2.05, 4.69) is 5.32 Å². The fraction of sp³-hybridized carbons (Fsp3) is 0.0714. The van der Waals surface area contributed by atoms with E-state index in [0.29, 0.717) is 10.7 Å². The summed E-state index contributed by atoms with van der Waals surface area (Å²) in [6, 6.07) is 11.4. The summed E-state index contributed by atoms with van der Waals surface area (Å²) < 4.78 is 5.25. The summed E-state index contributed by atoms with van der Waals surface area (Å²) in [5.74, 6) is -0.181. The van der Waals surface area contributed by atoms with Crippen LogP contribution in [-0.2, 0) is 4.79 Å². The van der Waals surface area contributed by atoms with Crippen LogP contribution in [0.25, 0.3) is 0 Å². The lowest BCUT2D eigenvalue weighted by atomic mass is 10.3. The number of carbonyl (C=O) groups is 1. The molecule has 0 radical (unpaired) electrons. The summed E-state index contributed by atoms with van der Waals surface area (Å²) in [6.45, 7) is -0.222. The number of nitrogens with two attached hydrogens (primary N) is 1. The topological polar surface area (TPSA) is 84.6 Å². The zero-order chi connectivity index (χ0) is 14.5. The van der Waals surface area contributed by atoms with Gasteiger partial charge in [0.2, 0.25) is 0 Å². The fourth-order valence-electron chi connectivity index (χ4n) is 1.56. The average molecular weight is 293 g/mol. The SMILES string of the molecule is Nc1c(O)cccc1OCC(=O)Nc1cccc(Cl)c1. The Balaban J connectivity index is 1.94. The second-order valence-corrected chi connectivity index (χ2v) is 4.47. The zero-order valence-corrected chi connectivity index (χ0v) is 11.2. The molecular formula is C14H13ClN2O3. The minimum absolute atomic E-state index is 0.0854. The number of rotatable bonds is 4. The predicted octanol–water partition coefficient (Wildman–Crippen LogP) is 2.65. The van der Waals surface area contributed by atoms with Gasteiger partial charge in [0.15, 0.2) is 6.61 Å². The van der Waals surface area contributed by atoms with Crippen molar-refractivity contribution in [3.05, 3.63) is 47.5 Å². The molecule has 2 rings (SSSR count). The van der Waals surface area contributed by atoms with Crippen molar-refractivity contribution in [2.75, 3.05) is 17.7 Å². The first-order chi connectivity index (χ1) is 9.56. The monoisotopic (exact) mass is 292 g/mol. The van der Waals surface area contributed by atoms with Crippen LogP contribution < -0.4 is 15.8 Å². The number of anilines is 2. The Hall–Kier alpha value is -2.40. The Bertz CT molecular complexity index is 632. The van der Waals surface area contributed by atoms with Crippen LogP contribution in [-0.4, -0.2) is 17.6 Å². The molecule has 0 spiro atoms. The number of halogens is 1. The van der Waals surface area contributed by atoms with E-state index < -0.39 is 0 Å². The number of benzene rings is 2. The highest BCUT2D eigenvalue weighted by atomic mass is 35.5. The molecule has 5 nitrogen and oxygen atoms in total. The molecular weight excluding hydrogens is 280 g/mol. The highest BCUT2D eigenvalue weighted by molar-refractivity contribution is 6.30. The number of nitrogen functional groups attached to an aromatic ring is 1. The Labute approximate surface area is 120 Å². The van der Waals surface area contributed by atoms with Gasteiger partial charge in [0.25, 0.3) is 5.91 Å². The largest absolute Gasteiger partial charge is 0.506 e. The van der Waals surface area contributed by atoms with Gasteiger partial charge in [-0.3, -0.25) is 4.79 Å². The number of hydrogen-bond acceptors (Lipinski definition) is 4. The molecule has 0 atom stereocenters. The number of phenolic OH excluding ortho intramolecular Hbond substituents is 1. The number of aromatic hydroxyl groups is 1. The number of amides is 1. The molecule has 0 saturated heterocycles. The van der Waals surface area contributed by atoms with Crippen LogP contribution >= 0.6 is 11.6 Å². The highest BCUT2D eigenvalue weighted by Gasteiger charge is 2.08. The summed E-state index contributed by atoms with van der Waals surface area (Å²) in [7, 11) is 0. The maximum Gasteiger partial charge on any atom is 0.262 e. The molecule has 0 heterocycles. The molecule has 0 aliphatic carbocycles. The molecule has 0 bridgehead atoms. The maximum absolute atomic E-state index is 11.7. The minimum atomic E-state index is -0.352. The third kappa shape index (κ3) is 3.55. The molecule has 0 aliphatic heterocycles. The van der Waals surface area contributed by atoms with Gasteiger partial charge in [0, 0.05) is 10.7 Å². The quantitative estimate of drug-likeness (QED) is 0.597. The first-order valence-electron chi connectivity index (χ1n) is 5.82. The van der Waals surface area contributed by atoms with Crippen molar-refractivity contribution in [1.82, 2.24) is 0 Å². The molecule has 104 valence electrons. The first-order valence-corrected chi connectivity index (χ1v) is 6.20. The van der Waals surface area contributed by atoms with E-state index >= 15 is 0 Å². The molecule has 2 aromatic rings. The summed E-state index contributed by atoms with van der Waals surface area (Å²) in [5.41, 5.74) is 6.30. The van der Waals surface area contributed by atoms with Gasteiger partial charge in [-0.25, -0.2) is 0 Å². The average Bonchev–Trinajstić information content (AvgIpc) is 2.40. The fourth-order valence-corrected chi connectivity index (χ4v) is 1.76. The number of carbonyl (C=O) groups excluding carboxylic acids is 1. The summed E-state index contributed by atoms with van der Waals surface area (Å²) in [4.78, 5) is 11.7. The standard InChI is InChI=1S/C14H13ClN2O3/c15-9-3-1-4-10(7-9)17-13(19)8-20-12-6-2-5-11(18)14(12)16/h1-7,18H,8,16H2,(H,17,19). The minimum Gasteiger partial charge on any atom is -0.506 e. The van der Waals surface area contributed by atoms with Gasteiger partial charge in [-0.1, -0.05) is 23.7 Å². The van der Waals surface area contributed by atoms with Crippen molar-refractivity contribution in [3.63, 3.8) is 0 Å². The van der Waals surface area contributed by atoms with Gasteiger partial charge in [-0.2, -0.15) is 0 Å². The first kappa shape index (κ1) is 14.0. The Morgan fingerprint density at radius 2 is 2.05 bits per heavy atom. The molecule has 20 heavy (non-hydrogen) atoms. The summed E-state index contributed by atoms with van der Waals surface area (Å²) in [5, 5.41) is 12.6. The van der Waals surface area contributed by atoms with Crippen molar-refractivity contribution in [2.24, 2.45) is 0 Å². The highest BCUT2D eigenvalue weighted by Crippen LogP contribution is 2.29. The Kier molecular flexibility index (Phi) is 4.32. The van der Waals surface area contributed by atoms with E-state index in [-0.39, 0.29) is 29.7 Å². The van der Waals surface area contributed by atoms with E-state index in [1.165, 1.54) is 6.07 Å². The van der Waals surface area contributed by atoms with E-state index in [4.69, 9.17) is 22.1 Å². The zero-order valence-electron chi connectivity index (χ0n) is 10.5. The molecule has 1 amide bonds. The maximum atomic E-state index is 11.7. The van der Waals surface area contributed by atoms with Gasteiger partial charge in [0.05, 0.1) is 0 Å². The number of para-hydroxylation sites is 1. The predicted molar refractivity (Wildman–Crippen MR) is 78.1 cm³/mol. The van der Waals surface area contributed by atoms with Gasteiger partial charge in [-0.05, 0) is 30.3 Å². The van der Waals surface area contributed by atoms with Crippen LogP contribution in [0.1, 0.15) is 0 Å². The lowest BCUT2D eigenvalue weighted by Gasteiger charge is -2.10. The van der Waals surface area contributed by atoms with Crippen LogP contribution in [0.3, 0.4) is 0 Å². The second kappa shape index (κ2) is 6.16. The van der Waals surface area contributed by atoms with Crippen molar-refractivity contribution in [3.8, 4) is 11.5 Å². The van der Waals surface area contributed by atoms with Crippen LogP contribution in [0.4, 0.5) is 11.4 Å². The number of nitrogens with one attached hydrogen (secondary N) is 1. The molecule has 0 aliphatic rings. The van der Waals surface area contributed by atoms with Crippen molar-refractivity contribution < 1.29 is 14.6 Å². The Morgan fingerprint density at radius 3 is 2.80 bits per heavy atom. The van der Waals surface area contributed by atoms with E-state index in [1.54, 1.807) is 36.4 Å². The number of hydrogen-bond donors (Lipinski definition) is 3. The van der Waals surface area contributed by atoms with Gasteiger partial charge < -0.3 is 20.9 Å². The molecule has 0 fully saturated rings. The smallest absolute Gasteiger partial charge is 0.262 e. The van der Waals surface area contributed by atoms with Crippen molar-refractivity contribution in [2.45, 2.75) is 0 Å². The van der Waals surface area contributed by atoms with E-state index in [1.807, 2.05) is 0 Å². The third-order valence-corrected chi connectivity index (χ3v) is 2.75. The van der Waals surface area contributed by atoms with Crippen molar-refractivity contribution in [1.29, 1.82) is 0 Å². The molecule has 0 unspecified atom stereocenters. The van der Waals surface area contributed by atoms with Gasteiger partial charge in [0.1, 0.15) is 17.2 Å². The van der Waals surface area contributed by atoms with E-state index in [0.717, 1.165) is 0 Å². The molecule has 6 heteroatoms. The third-order valence-electron chi connectivity index (χ3n) is 2.51. The normalized spacial score (nSPS) is 10.1. The van der Waals surface area contributed by atoms with Crippen LogP contribution in [0.15, 0.2) is 42.5 Å². The molecule has 0 saturated carbocycles. The second-order valence-electron chi connectivity index (χ2n) is 4.04. The summed E-state index contributed by atoms with van der Waals surface area (Å²) >= 11 is 5.81. The molecule has 0 aromatic heterocycles. The lowest BCUT2D eigenvalue weighted by molar-refractivity contribution is -0.118. The van der Waals surface area contributed by atoms with Crippen molar-refractivity contribution >= 4 is 28.9 Å². The van der Waals surface area contributed by atoms with Crippen LogP contribution in [0, 0.1) is 0 Å².